The summed E-state index contributed by atoms with van der Waals surface area (Å²) < 4.78 is 5.43. The topological polar surface area (TPSA) is 9.23 Å². The smallest absolute Gasteiger partial charge is 0.119 e. The molecule has 2 heteroatoms. The SMILES string of the molecule is CCOc1ccc(/C=C/c2ccccc2SC)cc1. The van der Waals surface area contributed by atoms with Crippen molar-refractivity contribution in [1.29, 1.82) is 0 Å². The molecule has 0 heterocycles. The molecule has 0 aromatic heterocycles. The third-order valence-electron chi connectivity index (χ3n) is 2.79. The van der Waals surface area contributed by atoms with E-state index in [-0.39, 0.29) is 0 Å². The van der Waals surface area contributed by atoms with Crippen LogP contribution in [0.4, 0.5) is 0 Å². The van der Waals surface area contributed by atoms with Crippen molar-refractivity contribution in [2.24, 2.45) is 0 Å². The van der Waals surface area contributed by atoms with E-state index >= 15 is 0 Å². The summed E-state index contributed by atoms with van der Waals surface area (Å²) in [6.45, 7) is 2.70. The van der Waals surface area contributed by atoms with Gasteiger partial charge in [0, 0.05) is 4.90 Å². The Hall–Kier alpha value is -1.67. The second-order valence-corrected chi connectivity index (χ2v) is 4.93. The van der Waals surface area contributed by atoms with Crippen LogP contribution in [0.3, 0.4) is 0 Å². The summed E-state index contributed by atoms with van der Waals surface area (Å²) in [6.07, 6.45) is 6.38. The molecular weight excluding hydrogens is 252 g/mol. The molecule has 2 aromatic carbocycles. The van der Waals surface area contributed by atoms with Gasteiger partial charge in [-0.1, -0.05) is 42.5 Å². The highest BCUT2D eigenvalue weighted by Crippen LogP contribution is 2.22. The minimum Gasteiger partial charge on any atom is -0.494 e. The summed E-state index contributed by atoms with van der Waals surface area (Å²) in [5.41, 5.74) is 2.43. The van der Waals surface area contributed by atoms with Crippen LogP contribution in [0.2, 0.25) is 0 Å². The van der Waals surface area contributed by atoms with Gasteiger partial charge in [-0.15, -0.1) is 11.8 Å². The fraction of sp³-hybridized carbons (Fsp3) is 0.176. The molecule has 0 amide bonds. The Morgan fingerprint density at radius 3 is 2.42 bits per heavy atom. The Balaban J connectivity index is 2.13. The van der Waals surface area contributed by atoms with E-state index in [4.69, 9.17) is 4.74 Å². The molecule has 2 rings (SSSR count). The maximum atomic E-state index is 5.43. The zero-order valence-electron chi connectivity index (χ0n) is 11.3. The molecule has 1 nitrogen and oxygen atoms in total. The van der Waals surface area contributed by atoms with Crippen LogP contribution < -0.4 is 4.74 Å². The fourth-order valence-electron chi connectivity index (χ4n) is 1.83. The van der Waals surface area contributed by atoms with E-state index in [1.165, 1.54) is 16.0 Å². The number of thioether (sulfide) groups is 1. The van der Waals surface area contributed by atoms with Crippen molar-refractivity contribution in [3.63, 3.8) is 0 Å². The molecule has 0 radical (unpaired) electrons. The first kappa shape index (κ1) is 13.8. The highest BCUT2D eigenvalue weighted by atomic mass is 32.2. The third-order valence-corrected chi connectivity index (χ3v) is 3.60. The number of hydrogen-bond donors (Lipinski definition) is 0. The molecule has 0 aliphatic heterocycles. The largest absolute Gasteiger partial charge is 0.494 e. The number of hydrogen-bond acceptors (Lipinski definition) is 2. The van der Waals surface area contributed by atoms with E-state index < -0.39 is 0 Å². The molecule has 0 saturated heterocycles. The molecule has 0 saturated carbocycles. The molecule has 98 valence electrons. The summed E-state index contributed by atoms with van der Waals surface area (Å²) >= 11 is 1.77. The molecule has 0 aliphatic rings. The van der Waals surface area contributed by atoms with Crippen LogP contribution in [0.1, 0.15) is 18.1 Å². The Kier molecular flexibility index (Phi) is 5.10. The Morgan fingerprint density at radius 1 is 1.00 bits per heavy atom. The molecule has 0 fully saturated rings. The monoisotopic (exact) mass is 270 g/mol. The van der Waals surface area contributed by atoms with E-state index in [0.717, 1.165) is 5.75 Å². The second kappa shape index (κ2) is 7.05. The highest BCUT2D eigenvalue weighted by Gasteiger charge is 1.96. The summed E-state index contributed by atoms with van der Waals surface area (Å²) in [5.74, 6) is 0.921. The second-order valence-electron chi connectivity index (χ2n) is 4.08. The van der Waals surface area contributed by atoms with Crippen molar-refractivity contribution >= 4 is 23.9 Å². The van der Waals surface area contributed by atoms with Crippen LogP contribution in [-0.4, -0.2) is 12.9 Å². The van der Waals surface area contributed by atoms with Crippen LogP contribution in [0.25, 0.3) is 12.2 Å². The van der Waals surface area contributed by atoms with Crippen molar-refractivity contribution in [3.05, 3.63) is 59.7 Å². The molecule has 19 heavy (non-hydrogen) atoms. The van der Waals surface area contributed by atoms with Crippen LogP contribution in [-0.2, 0) is 0 Å². The molecule has 0 spiro atoms. The summed E-state index contributed by atoms with van der Waals surface area (Å²) in [6, 6.07) is 16.6. The predicted octanol–water partition coefficient (Wildman–Crippen LogP) is 4.98. The minimum absolute atomic E-state index is 0.705. The highest BCUT2D eigenvalue weighted by molar-refractivity contribution is 7.98. The maximum absolute atomic E-state index is 5.43. The lowest BCUT2D eigenvalue weighted by Crippen LogP contribution is -1.90. The van der Waals surface area contributed by atoms with Crippen molar-refractivity contribution in [2.45, 2.75) is 11.8 Å². The van der Waals surface area contributed by atoms with E-state index in [2.05, 4.69) is 54.8 Å². The van der Waals surface area contributed by atoms with Crippen LogP contribution in [0, 0.1) is 0 Å². The standard InChI is InChI=1S/C17H18OS/c1-3-18-16-12-9-14(10-13-16)8-11-15-6-4-5-7-17(15)19-2/h4-13H,3H2,1-2H3/b11-8+. The Morgan fingerprint density at radius 2 is 1.74 bits per heavy atom. The van der Waals surface area contributed by atoms with Crippen molar-refractivity contribution in [3.8, 4) is 5.75 Å². The van der Waals surface area contributed by atoms with E-state index in [1.807, 2.05) is 19.1 Å². The number of rotatable bonds is 5. The van der Waals surface area contributed by atoms with Crippen molar-refractivity contribution in [2.75, 3.05) is 12.9 Å². The van der Waals surface area contributed by atoms with Crippen molar-refractivity contribution in [1.82, 2.24) is 0 Å². The van der Waals surface area contributed by atoms with Crippen LogP contribution >= 0.6 is 11.8 Å². The molecule has 0 N–H and O–H groups in total. The predicted molar refractivity (Wildman–Crippen MR) is 84.8 cm³/mol. The van der Waals surface area contributed by atoms with Gasteiger partial charge in [-0.3, -0.25) is 0 Å². The van der Waals surface area contributed by atoms with Gasteiger partial charge in [0.15, 0.2) is 0 Å². The third kappa shape index (κ3) is 3.90. The van der Waals surface area contributed by atoms with Crippen molar-refractivity contribution < 1.29 is 4.74 Å². The molecule has 0 bridgehead atoms. The van der Waals surface area contributed by atoms with Gasteiger partial charge in [0.1, 0.15) is 5.75 Å². The number of ether oxygens (including phenoxy) is 1. The zero-order valence-corrected chi connectivity index (χ0v) is 12.1. The lowest BCUT2D eigenvalue weighted by molar-refractivity contribution is 0.340. The van der Waals surface area contributed by atoms with E-state index in [0.29, 0.717) is 6.61 Å². The fourth-order valence-corrected chi connectivity index (χ4v) is 2.42. The first-order valence-electron chi connectivity index (χ1n) is 6.37. The van der Waals surface area contributed by atoms with Gasteiger partial charge >= 0.3 is 0 Å². The average Bonchev–Trinajstić information content (AvgIpc) is 2.47. The van der Waals surface area contributed by atoms with Gasteiger partial charge in [0.25, 0.3) is 0 Å². The van der Waals surface area contributed by atoms with Crippen LogP contribution in [0.15, 0.2) is 53.4 Å². The van der Waals surface area contributed by atoms with Crippen LogP contribution in [0.5, 0.6) is 5.75 Å². The van der Waals surface area contributed by atoms with E-state index in [1.54, 1.807) is 11.8 Å². The van der Waals surface area contributed by atoms with Gasteiger partial charge in [0.05, 0.1) is 6.61 Å². The first-order chi connectivity index (χ1) is 9.33. The molecular formula is C17H18OS. The van der Waals surface area contributed by atoms with Gasteiger partial charge in [-0.05, 0) is 42.5 Å². The summed E-state index contributed by atoms with van der Waals surface area (Å²) in [7, 11) is 0. The Labute approximate surface area is 119 Å². The van der Waals surface area contributed by atoms with Gasteiger partial charge in [-0.25, -0.2) is 0 Å². The quantitative estimate of drug-likeness (QED) is 0.560. The first-order valence-corrected chi connectivity index (χ1v) is 7.60. The summed E-state index contributed by atoms with van der Waals surface area (Å²) in [5, 5.41) is 0. The molecule has 0 aliphatic carbocycles. The molecule has 2 aromatic rings. The average molecular weight is 270 g/mol. The Bertz CT molecular complexity index is 543. The van der Waals surface area contributed by atoms with Gasteiger partial charge < -0.3 is 4.74 Å². The molecule has 0 atom stereocenters. The van der Waals surface area contributed by atoms with Gasteiger partial charge in [0.2, 0.25) is 0 Å². The zero-order chi connectivity index (χ0) is 13.5. The lowest BCUT2D eigenvalue weighted by Gasteiger charge is -2.03. The lowest BCUT2D eigenvalue weighted by atomic mass is 10.1. The summed E-state index contributed by atoms with van der Waals surface area (Å²) in [4.78, 5) is 1.30. The normalized spacial score (nSPS) is 10.8. The van der Waals surface area contributed by atoms with E-state index in [9.17, 15) is 0 Å². The maximum Gasteiger partial charge on any atom is 0.119 e. The van der Waals surface area contributed by atoms with Gasteiger partial charge in [-0.2, -0.15) is 0 Å². The minimum atomic E-state index is 0.705. The molecule has 0 unspecified atom stereocenters. The number of benzene rings is 2.